The molecule has 0 saturated carbocycles. The Morgan fingerprint density at radius 2 is 1.80 bits per heavy atom. The van der Waals surface area contributed by atoms with Gasteiger partial charge >= 0.3 is 0 Å². The Morgan fingerprint density at radius 1 is 1.00 bits per heavy atom. The monoisotopic (exact) mass is 329 g/mol. The maximum Gasteiger partial charge on any atom is 0.251 e. The second kappa shape index (κ2) is 6.06. The van der Waals surface area contributed by atoms with Crippen molar-refractivity contribution in [1.29, 1.82) is 0 Å². The highest BCUT2D eigenvalue weighted by molar-refractivity contribution is 5.83. The van der Waals surface area contributed by atoms with Crippen molar-refractivity contribution < 1.29 is 0 Å². The summed E-state index contributed by atoms with van der Waals surface area (Å²) in [4.78, 5) is 17.0. The number of para-hydroxylation sites is 1. The van der Waals surface area contributed by atoms with Crippen molar-refractivity contribution >= 4 is 10.9 Å². The summed E-state index contributed by atoms with van der Waals surface area (Å²) in [6, 6.07) is 17.8. The molecule has 0 fully saturated rings. The molecule has 4 heteroatoms. The van der Waals surface area contributed by atoms with Gasteiger partial charge in [0.2, 0.25) is 0 Å². The Kier molecular flexibility index (Phi) is 3.73. The van der Waals surface area contributed by atoms with Gasteiger partial charge in [0.05, 0.1) is 12.1 Å². The molecular weight excluding hydrogens is 310 g/mol. The third-order valence-corrected chi connectivity index (χ3v) is 4.51. The molecule has 25 heavy (non-hydrogen) atoms. The lowest BCUT2D eigenvalue weighted by atomic mass is 10.1. The molecule has 0 bridgehead atoms. The third kappa shape index (κ3) is 2.76. The van der Waals surface area contributed by atoms with Crippen LogP contribution in [-0.4, -0.2) is 14.1 Å². The molecule has 2 heterocycles. The van der Waals surface area contributed by atoms with E-state index in [4.69, 9.17) is 0 Å². The summed E-state index contributed by atoms with van der Waals surface area (Å²) < 4.78 is 3.82. The van der Waals surface area contributed by atoms with Crippen LogP contribution in [0.1, 0.15) is 17.0 Å². The van der Waals surface area contributed by atoms with Crippen molar-refractivity contribution in [1.82, 2.24) is 14.1 Å². The average molecular weight is 329 g/mol. The van der Waals surface area contributed by atoms with Gasteiger partial charge in [-0.2, -0.15) is 0 Å². The first-order valence-electron chi connectivity index (χ1n) is 8.32. The molecule has 124 valence electrons. The molecule has 0 aliphatic heterocycles. The number of benzene rings is 2. The van der Waals surface area contributed by atoms with Gasteiger partial charge in [-0.1, -0.05) is 24.3 Å². The largest absolute Gasteiger partial charge is 0.302 e. The highest BCUT2D eigenvalue weighted by Crippen LogP contribution is 2.20. The first-order valence-corrected chi connectivity index (χ1v) is 8.32. The first kappa shape index (κ1) is 15.4. The summed E-state index contributed by atoms with van der Waals surface area (Å²) >= 11 is 0. The molecule has 0 atom stereocenters. The Morgan fingerprint density at radius 3 is 2.60 bits per heavy atom. The molecule has 0 amide bonds. The molecule has 0 spiro atoms. The van der Waals surface area contributed by atoms with Crippen LogP contribution in [0.25, 0.3) is 16.6 Å². The van der Waals surface area contributed by atoms with Crippen molar-refractivity contribution in [3.8, 4) is 5.69 Å². The average Bonchev–Trinajstić information content (AvgIpc) is 3.06. The summed E-state index contributed by atoms with van der Waals surface area (Å²) in [5, 5.41) is 1.10. The highest BCUT2D eigenvalue weighted by Gasteiger charge is 2.11. The number of hydrogen-bond donors (Lipinski definition) is 0. The zero-order valence-corrected chi connectivity index (χ0v) is 14.3. The van der Waals surface area contributed by atoms with Crippen molar-refractivity contribution in [2.24, 2.45) is 0 Å². The third-order valence-electron chi connectivity index (χ3n) is 4.51. The van der Waals surface area contributed by atoms with Gasteiger partial charge < -0.3 is 9.13 Å². The second-order valence-corrected chi connectivity index (χ2v) is 6.32. The molecule has 2 aromatic carbocycles. The van der Waals surface area contributed by atoms with Crippen LogP contribution in [0.15, 0.2) is 71.8 Å². The van der Waals surface area contributed by atoms with Crippen molar-refractivity contribution in [3.63, 3.8) is 0 Å². The molecule has 4 aromatic rings. The minimum atomic E-state index is -0.0138. The minimum absolute atomic E-state index is 0.0138. The molecule has 0 N–H and O–H groups in total. The fraction of sp³-hybridized carbons (Fsp3) is 0.143. The van der Waals surface area contributed by atoms with Crippen LogP contribution in [0.3, 0.4) is 0 Å². The summed E-state index contributed by atoms with van der Waals surface area (Å²) in [7, 11) is 0. The van der Waals surface area contributed by atoms with Gasteiger partial charge in [0.1, 0.15) is 5.82 Å². The Balaban J connectivity index is 1.87. The van der Waals surface area contributed by atoms with Gasteiger partial charge in [0.25, 0.3) is 5.56 Å². The van der Waals surface area contributed by atoms with Crippen LogP contribution in [-0.2, 0) is 6.54 Å². The van der Waals surface area contributed by atoms with E-state index in [-0.39, 0.29) is 5.56 Å². The molecule has 0 unspecified atom stereocenters. The van der Waals surface area contributed by atoms with Crippen LogP contribution in [0.2, 0.25) is 0 Å². The molecule has 0 radical (unpaired) electrons. The normalized spacial score (nSPS) is 11.1. The van der Waals surface area contributed by atoms with Crippen LogP contribution in [0.5, 0.6) is 0 Å². The van der Waals surface area contributed by atoms with E-state index in [0.29, 0.717) is 6.54 Å². The van der Waals surface area contributed by atoms with E-state index in [1.165, 1.54) is 5.56 Å². The highest BCUT2D eigenvalue weighted by atomic mass is 16.1. The van der Waals surface area contributed by atoms with Crippen LogP contribution in [0.4, 0.5) is 0 Å². The predicted molar refractivity (Wildman–Crippen MR) is 100 cm³/mol. The van der Waals surface area contributed by atoms with E-state index < -0.39 is 0 Å². The van der Waals surface area contributed by atoms with Gasteiger partial charge in [0, 0.05) is 29.5 Å². The molecule has 0 saturated heterocycles. The second-order valence-electron chi connectivity index (χ2n) is 6.32. The van der Waals surface area contributed by atoms with Crippen LogP contribution < -0.4 is 5.56 Å². The Labute approximate surface area is 146 Å². The molecular formula is C21H19N3O. The zero-order valence-electron chi connectivity index (χ0n) is 14.3. The van der Waals surface area contributed by atoms with E-state index in [0.717, 1.165) is 28.0 Å². The lowest BCUT2D eigenvalue weighted by molar-refractivity contribution is 0.727. The number of imidazole rings is 1. The molecule has 2 aromatic heterocycles. The Hall–Kier alpha value is -3.14. The number of hydrogen-bond acceptors (Lipinski definition) is 2. The lowest BCUT2D eigenvalue weighted by Gasteiger charge is -2.14. The smallest absolute Gasteiger partial charge is 0.251 e. The van der Waals surface area contributed by atoms with E-state index in [2.05, 4.69) is 31.0 Å². The van der Waals surface area contributed by atoms with Crippen molar-refractivity contribution in [2.75, 3.05) is 0 Å². The number of aryl methyl sites for hydroxylation is 2. The van der Waals surface area contributed by atoms with Crippen LogP contribution >= 0.6 is 0 Å². The van der Waals surface area contributed by atoms with Crippen molar-refractivity contribution in [3.05, 3.63) is 94.3 Å². The standard InChI is InChI=1S/C21H19N3O/c1-15-12-16(2)18-8-9-21(25)24(19(18)13-15)14-20-22-10-11-23(20)17-6-4-3-5-7-17/h3-13H,14H2,1-2H3. The van der Waals surface area contributed by atoms with E-state index in [1.807, 2.05) is 47.2 Å². The summed E-state index contributed by atoms with van der Waals surface area (Å²) in [6.07, 6.45) is 3.70. The fourth-order valence-corrected chi connectivity index (χ4v) is 3.34. The molecule has 4 rings (SSSR count). The predicted octanol–water partition coefficient (Wildman–Crippen LogP) is 3.85. The van der Waals surface area contributed by atoms with Gasteiger partial charge in [-0.25, -0.2) is 4.98 Å². The number of rotatable bonds is 3. The minimum Gasteiger partial charge on any atom is -0.302 e. The number of fused-ring (bicyclic) bond motifs is 1. The first-order chi connectivity index (χ1) is 12.1. The summed E-state index contributed by atoms with van der Waals surface area (Å²) in [5.41, 5.74) is 4.30. The summed E-state index contributed by atoms with van der Waals surface area (Å²) in [5.74, 6) is 0.833. The maximum atomic E-state index is 12.6. The maximum absolute atomic E-state index is 12.6. The number of aromatic nitrogens is 3. The molecule has 0 aliphatic carbocycles. The molecule has 0 aliphatic rings. The zero-order chi connectivity index (χ0) is 17.4. The quantitative estimate of drug-likeness (QED) is 0.573. The molecule has 4 nitrogen and oxygen atoms in total. The van der Waals surface area contributed by atoms with E-state index in [9.17, 15) is 4.79 Å². The van der Waals surface area contributed by atoms with Crippen LogP contribution in [0, 0.1) is 13.8 Å². The SMILES string of the molecule is Cc1cc(C)c2ccc(=O)n(Cc3nccn3-c3ccccc3)c2c1. The lowest BCUT2D eigenvalue weighted by Crippen LogP contribution is -2.22. The fourth-order valence-electron chi connectivity index (χ4n) is 3.34. The van der Waals surface area contributed by atoms with Gasteiger partial charge in [-0.05, 0) is 49.2 Å². The summed E-state index contributed by atoms with van der Waals surface area (Å²) in [6.45, 7) is 4.56. The van der Waals surface area contributed by atoms with Gasteiger partial charge in [-0.15, -0.1) is 0 Å². The Bertz CT molecular complexity index is 1110. The number of nitrogens with zero attached hydrogens (tertiary/aromatic N) is 3. The topological polar surface area (TPSA) is 39.8 Å². The van der Waals surface area contributed by atoms with Gasteiger partial charge in [-0.3, -0.25) is 4.79 Å². The van der Waals surface area contributed by atoms with Gasteiger partial charge in [0.15, 0.2) is 0 Å². The van der Waals surface area contributed by atoms with E-state index >= 15 is 0 Å². The van der Waals surface area contributed by atoms with Crippen molar-refractivity contribution in [2.45, 2.75) is 20.4 Å². The number of pyridine rings is 1. The van der Waals surface area contributed by atoms with E-state index in [1.54, 1.807) is 16.8 Å².